The Hall–Kier alpha value is -2.04. The lowest BCUT2D eigenvalue weighted by Gasteiger charge is -2.18. The molecule has 1 aromatic carbocycles. The summed E-state index contributed by atoms with van der Waals surface area (Å²) in [5.74, 6) is -0.646. The van der Waals surface area contributed by atoms with E-state index in [2.05, 4.69) is 0 Å². The summed E-state index contributed by atoms with van der Waals surface area (Å²) in [6, 6.07) is 7.19. The predicted octanol–water partition coefficient (Wildman–Crippen LogP) is 2.20. The molecule has 0 aliphatic heterocycles. The van der Waals surface area contributed by atoms with Crippen molar-refractivity contribution in [1.82, 2.24) is 4.90 Å². The molecule has 0 aliphatic rings. The van der Waals surface area contributed by atoms with Crippen LogP contribution in [0.3, 0.4) is 0 Å². The second-order valence-corrected chi connectivity index (χ2v) is 4.94. The number of rotatable bonds is 8. The minimum Gasteiger partial charge on any atom is -0.484 e. The van der Waals surface area contributed by atoms with Crippen molar-refractivity contribution in [3.05, 3.63) is 29.8 Å². The predicted molar refractivity (Wildman–Crippen MR) is 80.4 cm³/mol. The van der Waals surface area contributed by atoms with Crippen LogP contribution < -0.4 is 4.74 Å². The maximum absolute atomic E-state index is 11.8. The number of hydrogen-bond acceptors (Lipinski definition) is 3. The van der Waals surface area contributed by atoms with Crippen molar-refractivity contribution >= 4 is 11.9 Å². The third-order valence-corrected chi connectivity index (χ3v) is 3.37. The van der Waals surface area contributed by atoms with Crippen LogP contribution in [0.5, 0.6) is 5.75 Å². The summed E-state index contributed by atoms with van der Waals surface area (Å²) >= 11 is 0. The number of hydrogen-bond donors (Lipinski definition) is 1. The van der Waals surface area contributed by atoms with Gasteiger partial charge in [-0.05, 0) is 38.0 Å². The molecule has 21 heavy (non-hydrogen) atoms. The quantitative estimate of drug-likeness (QED) is 0.798. The van der Waals surface area contributed by atoms with E-state index in [0.717, 1.165) is 5.56 Å². The highest BCUT2D eigenvalue weighted by Crippen LogP contribution is 2.15. The first kappa shape index (κ1) is 17.0. The van der Waals surface area contributed by atoms with Crippen LogP contribution >= 0.6 is 0 Å². The SMILES string of the molecule is CCN(CC)C(=O)COc1ccc(CC(C)C(=O)O)cc1. The minimum atomic E-state index is -0.805. The molecule has 1 aromatic rings. The van der Waals surface area contributed by atoms with Crippen molar-refractivity contribution in [3.8, 4) is 5.75 Å². The Morgan fingerprint density at radius 2 is 1.76 bits per heavy atom. The molecular weight excluding hydrogens is 270 g/mol. The number of ether oxygens (including phenoxy) is 1. The number of aliphatic carboxylic acids is 1. The maximum Gasteiger partial charge on any atom is 0.306 e. The molecule has 0 spiro atoms. The zero-order valence-electron chi connectivity index (χ0n) is 12.8. The van der Waals surface area contributed by atoms with E-state index in [1.54, 1.807) is 24.0 Å². The summed E-state index contributed by atoms with van der Waals surface area (Å²) < 4.78 is 5.45. The van der Waals surface area contributed by atoms with Crippen molar-refractivity contribution in [1.29, 1.82) is 0 Å². The van der Waals surface area contributed by atoms with Gasteiger partial charge in [0.15, 0.2) is 6.61 Å². The lowest BCUT2D eigenvalue weighted by molar-refractivity contribution is -0.141. The minimum absolute atomic E-state index is 0.0204. The van der Waals surface area contributed by atoms with Gasteiger partial charge >= 0.3 is 5.97 Å². The average Bonchev–Trinajstić information content (AvgIpc) is 2.47. The Morgan fingerprint density at radius 3 is 2.24 bits per heavy atom. The Labute approximate surface area is 125 Å². The molecule has 0 saturated heterocycles. The molecule has 5 heteroatoms. The highest BCUT2D eigenvalue weighted by atomic mass is 16.5. The lowest BCUT2D eigenvalue weighted by atomic mass is 10.0. The molecule has 0 aromatic heterocycles. The molecule has 0 radical (unpaired) electrons. The molecule has 1 amide bonds. The van der Waals surface area contributed by atoms with E-state index in [4.69, 9.17) is 9.84 Å². The van der Waals surface area contributed by atoms with Crippen molar-refractivity contribution in [3.63, 3.8) is 0 Å². The second-order valence-electron chi connectivity index (χ2n) is 4.94. The Bertz CT molecular complexity index is 466. The van der Waals surface area contributed by atoms with Crippen molar-refractivity contribution < 1.29 is 19.4 Å². The molecule has 0 fully saturated rings. The van der Waals surface area contributed by atoms with Gasteiger partial charge < -0.3 is 14.7 Å². The van der Waals surface area contributed by atoms with Crippen LogP contribution in [-0.4, -0.2) is 41.6 Å². The van der Waals surface area contributed by atoms with Crippen LogP contribution in [0.15, 0.2) is 24.3 Å². The largest absolute Gasteiger partial charge is 0.484 e. The molecule has 1 unspecified atom stereocenters. The van der Waals surface area contributed by atoms with Crippen LogP contribution in [0.25, 0.3) is 0 Å². The Balaban J connectivity index is 2.51. The van der Waals surface area contributed by atoms with Gasteiger partial charge in [0.25, 0.3) is 5.91 Å². The average molecular weight is 293 g/mol. The summed E-state index contributed by atoms with van der Waals surface area (Å²) in [6.45, 7) is 6.90. The molecule has 0 aliphatic carbocycles. The fourth-order valence-electron chi connectivity index (χ4n) is 1.98. The number of nitrogens with zero attached hydrogens (tertiary/aromatic N) is 1. The summed E-state index contributed by atoms with van der Waals surface area (Å²) in [7, 11) is 0. The van der Waals surface area contributed by atoms with Gasteiger partial charge in [0.05, 0.1) is 5.92 Å². The van der Waals surface area contributed by atoms with Gasteiger partial charge in [-0.15, -0.1) is 0 Å². The Kier molecular flexibility index (Phi) is 6.72. The smallest absolute Gasteiger partial charge is 0.306 e. The summed E-state index contributed by atoms with van der Waals surface area (Å²) in [5.41, 5.74) is 0.937. The number of carboxylic acid groups (broad SMARTS) is 1. The number of carboxylic acids is 1. The van der Waals surface area contributed by atoms with E-state index in [1.165, 1.54) is 0 Å². The first-order valence-electron chi connectivity index (χ1n) is 7.20. The van der Waals surface area contributed by atoms with E-state index >= 15 is 0 Å². The molecule has 1 atom stereocenters. The van der Waals surface area contributed by atoms with E-state index in [-0.39, 0.29) is 12.5 Å². The standard InChI is InChI=1S/C16H23NO4/c1-4-17(5-2)15(18)11-21-14-8-6-13(7-9-14)10-12(3)16(19)20/h6-9,12H,4-5,10-11H2,1-3H3,(H,19,20). The van der Waals surface area contributed by atoms with Crippen molar-refractivity contribution in [2.24, 2.45) is 5.92 Å². The van der Waals surface area contributed by atoms with E-state index < -0.39 is 11.9 Å². The fourth-order valence-corrected chi connectivity index (χ4v) is 1.98. The van der Waals surface area contributed by atoms with Crippen molar-refractivity contribution in [2.45, 2.75) is 27.2 Å². The molecule has 1 N–H and O–H groups in total. The van der Waals surface area contributed by atoms with Gasteiger partial charge in [-0.3, -0.25) is 9.59 Å². The second kappa shape index (κ2) is 8.29. The highest BCUT2D eigenvalue weighted by Gasteiger charge is 2.12. The van der Waals surface area contributed by atoms with E-state index in [9.17, 15) is 9.59 Å². The number of likely N-dealkylation sites (N-methyl/N-ethyl adjacent to an activating group) is 1. The van der Waals surface area contributed by atoms with Gasteiger partial charge in [-0.25, -0.2) is 0 Å². The van der Waals surface area contributed by atoms with Crippen LogP contribution in [0, 0.1) is 5.92 Å². The highest BCUT2D eigenvalue weighted by molar-refractivity contribution is 5.77. The van der Waals surface area contributed by atoms with Crippen LogP contribution in [-0.2, 0) is 16.0 Å². The molecule has 116 valence electrons. The molecular formula is C16H23NO4. The monoisotopic (exact) mass is 293 g/mol. The number of carbonyl (C=O) groups is 2. The zero-order valence-corrected chi connectivity index (χ0v) is 12.8. The molecule has 0 saturated carbocycles. The molecule has 5 nitrogen and oxygen atoms in total. The van der Waals surface area contributed by atoms with Gasteiger partial charge in [-0.1, -0.05) is 19.1 Å². The molecule has 1 rings (SSSR count). The van der Waals surface area contributed by atoms with Gasteiger partial charge in [0.1, 0.15) is 5.75 Å². The number of benzene rings is 1. The molecule has 0 bridgehead atoms. The normalized spacial score (nSPS) is 11.8. The van der Waals surface area contributed by atoms with Crippen LogP contribution in [0.2, 0.25) is 0 Å². The summed E-state index contributed by atoms with van der Waals surface area (Å²) in [5, 5.41) is 8.88. The van der Waals surface area contributed by atoms with Crippen LogP contribution in [0.1, 0.15) is 26.3 Å². The van der Waals surface area contributed by atoms with Crippen LogP contribution in [0.4, 0.5) is 0 Å². The third kappa shape index (κ3) is 5.45. The first-order valence-corrected chi connectivity index (χ1v) is 7.20. The topological polar surface area (TPSA) is 66.8 Å². The van der Waals surface area contributed by atoms with Gasteiger partial charge in [-0.2, -0.15) is 0 Å². The molecule has 0 heterocycles. The maximum atomic E-state index is 11.8. The van der Waals surface area contributed by atoms with E-state index in [0.29, 0.717) is 25.3 Å². The summed E-state index contributed by atoms with van der Waals surface area (Å²) in [4.78, 5) is 24.3. The summed E-state index contributed by atoms with van der Waals surface area (Å²) in [6.07, 6.45) is 0.480. The Morgan fingerprint density at radius 1 is 1.19 bits per heavy atom. The number of amides is 1. The third-order valence-electron chi connectivity index (χ3n) is 3.37. The number of carbonyl (C=O) groups excluding carboxylic acids is 1. The van der Waals surface area contributed by atoms with E-state index in [1.807, 2.05) is 26.0 Å². The zero-order chi connectivity index (χ0) is 15.8. The van der Waals surface area contributed by atoms with Crippen molar-refractivity contribution in [2.75, 3.05) is 19.7 Å². The van der Waals surface area contributed by atoms with Gasteiger partial charge in [0, 0.05) is 13.1 Å². The fraction of sp³-hybridized carbons (Fsp3) is 0.500. The lowest BCUT2D eigenvalue weighted by Crippen LogP contribution is -2.34. The van der Waals surface area contributed by atoms with Gasteiger partial charge in [0.2, 0.25) is 0 Å². The first-order chi connectivity index (χ1) is 9.97.